The molecule has 0 bridgehead atoms. The van der Waals surface area contributed by atoms with Crippen molar-refractivity contribution in [2.45, 2.75) is 20.0 Å². The molecule has 0 saturated carbocycles. The van der Waals surface area contributed by atoms with Crippen molar-refractivity contribution in [2.24, 2.45) is 0 Å². The van der Waals surface area contributed by atoms with Crippen LogP contribution in [0.1, 0.15) is 16.8 Å². The summed E-state index contributed by atoms with van der Waals surface area (Å²) < 4.78 is 0. The molecule has 0 unspecified atom stereocenters. The second kappa shape index (κ2) is 5.30. The molecule has 102 valence electrons. The summed E-state index contributed by atoms with van der Waals surface area (Å²) in [7, 11) is 0. The van der Waals surface area contributed by atoms with E-state index in [1.807, 2.05) is 37.3 Å². The lowest BCUT2D eigenvalue weighted by Crippen LogP contribution is -2.20. The fraction of sp³-hybridized carbons (Fsp3) is 0.200. The van der Waals surface area contributed by atoms with Gasteiger partial charge in [-0.3, -0.25) is 9.89 Å². The predicted octanol–water partition coefficient (Wildman–Crippen LogP) is 1.85. The van der Waals surface area contributed by atoms with Crippen LogP contribution in [-0.2, 0) is 13.1 Å². The van der Waals surface area contributed by atoms with Gasteiger partial charge in [0.2, 0.25) is 0 Å². The van der Waals surface area contributed by atoms with Crippen molar-refractivity contribution in [3.8, 4) is 0 Å². The van der Waals surface area contributed by atoms with Crippen molar-refractivity contribution in [1.82, 2.24) is 20.5 Å². The average Bonchev–Trinajstić information content (AvgIpc) is 2.85. The molecule has 0 aliphatic rings. The molecule has 0 aliphatic carbocycles. The van der Waals surface area contributed by atoms with Crippen molar-refractivity contribution in [1.29, 1.82) is 0 Å². The number of nitrogens with one attached hydrogen (secondary N) is 3. The van der Waals surface area contributed by atoms with Gasteiger partial charge in [-0.2, -0.15) is 5.10 Å². The first kappa shape index (κ1) is 12.6. The molecule has 0 saturated heterocycles. The lowest BCUT2D eigenvalue weighted by atomic mass is 10.1. The SMILES string of the molecule is Cc1[nH]ncc1CNCc1cc2ccccc2[nH]c1=O. The van der Waals surface area contributed by atoms with Gasteiger partial charge in [-0.1, -0.05) is 18.2 Å². The second-order valence-electron chi connectivity index (χ2n) is 4.83. The van der Waals surface area contributed by atoms with Crippen LogP contribution < -0.4 is 10.9 Å². The van der Waals surface area contributed by atoms with Crippen LogP contribution in [0, 0.1) is 6.92 Å². The minimum absolute atomic E-state index is 0.0416. The summed E-state index contributed by atoms with van der Waals surface area (Å²) in [5, 5.41) is 11.2. The summed E-state index contributed by atoms with van der Waals surface area (Å²) in [6.45, 7) is 3.20. The fourth-order valence-electron chi connectivity index (χ4n) is 2.21. The molecule has 0 amide bonds. The highest BCUT2D eigenvalue weighted by atomic mass is 16.1. The zero-order valence-corrected chi connectivity index (χ0v) is 11.2. The summed E-state index contributed by atoms with van der Waals surface area (Å²) in [5.41, 5.74) is 3.73. The third-order valence-electron chi connectivity index (χ3n) is 3.40. The fourth-order valence-corrected chi connectivity index (χ4v) is 2.21. The normalized spacial score (nSPS) is 11.1. The minimum Gasteiger partial charge on any atom is -0.322 e. The molecule has 3 rings (SSSR count). The monoisotopic (exact) mass is 268 g/mol. The maximum atomic E-state index is 12.0. The highest BCUT2D eigenvalue weighted by molar-refractivity contribution is 5.78. The number of benzene rings is 1. The third kappa shape index (κ3) is 2.48. The van der Waals surface area contributed by atoms with Crippen molar-refractivity contribution in [3.05, 3.63) is 63.7 Å². The first-order valence-electron chi connectivity index (χ1n) is 6.54. The number of nitrogens with zero attached hydrogens (tertiary/aromatic N) is 1. The Morgan fingerprint density at radius 3 is 2.80 bits per heavy atom. The van der Waals surface area contributed by atoms with Crippen molar-refractivity contribution >= 4 is 10.9 Å². The van der Waals surface area contributed by atoms with E-state index in [9.17, 15) is 4.79 Å². The molecular formula is C15H16N4O. The molecule has 20 heavy (non-hydrogen) atoms. The molecule has 0 fully saturated rings. The van der Waals surface area contributed by atoms with E-state index in [1.165, 1.54) is 0 Å². The lowest BCUT2D eigenvalue weighted by Gasteiger charge is -2.05. The van der Waals surface area contributed by atoms with E-state index in [1.54, 1.807) is 6.20 Å². The van der Waals surface area contributed by atoms with Crippen LogP contribution in [0.25, 0.3) is 10.9 Å². The Morgan fingerprint density at radius 1 is 1.20 bits per heavy atom. The molecule has 2 heterocycles. The summed E-state index contributed by atoms with van der Waals surface area (Å²) in [6, 6.07) is 9.71. The Bertz CT molecular complexity index is 788. The maximum absolute atomic E-state index is 12.0. The number of rotatable bonds is 4. The van der Waals surface area contributed by atoms with E-state index >= 15 is 0 Å². The van der Waals surface area contributed by atoms with Crippen LogP contribution in [0.15, 0.2) is 41.3 Å². The molecule has 2 aromatic heterocycles. The number of para-hydroxylation sites is 1. The molecule has 0 spiro atoms. The zero-order valence-electron chi connectivity index (χ0n) is 11.2. The van der Waals surface area contributed by atoms with E-state index in [4.69, 9.17) is 0 Å². The highest BCUT2D eigenvalue weighted by Gasteiger charge is 2.04. The maximum Gasteiger partial charge on any atom is 0.252 e. The van der Waals surface area contributed by atoms with Crippen LogP contribution >= 0.6 is 0 Å². The molecule has 0 radical (unpaired) electrons. The number of aromatic nitrogens is 3. The number of aryl methyl sites for hydroxylation is 1. The number of pyridine rings is 1. The number of fused-ring (bicyclic) bond motifs is 1. The molecule has 3 N–H and O–H groups in total. The zero-order chi connectivity index (χ0) is 13.9. The Labute approximate surface area is 116 Å². The van der Waals surface area contributed by atoms with E-state index in [-0.39, 0.29) is 5.56 Å². The smallest absolute Gasteiger partial charge is 0.252 e. The van der Waals surface area contributed by atoms with Crippen molar-refractivity contribution in [2.75, 3.05) is 0 Å². The third-order valence-corrected chi connectivity index (χ3v) is 3.40. The van der Waals surface area contributed by atoms with Gasteiger partial charge in [-0.15, -0.1) is 0 Å². The molecular weight excluding hydrogens is 252 g/mol. The van der Waals surface area contributed by atoms with Crippen molar-refractivity contribution in [3.63, 3.8) is 0 Å². The molecule has 5 heteroatoms. The predicted molar refractivity (Wildman–Crippen MR) is 78.4 cm³/mol. The largest absolute Gasteiger partial charge is 0.322 e. The quantitative estimate of drug-likeness (QED) is 0.676. The Hall–Kier alpha value is -2.40. The standard InChI is InChI=1S/C15H16N4O/c1-10-13(9-17-19-10)8-16-7-12-6-11-4-2-3-5-14(11)18-15(12)20/h2-6,9,16H,7-8H2,1H3,(H,17,19)(H,18,20). The molecule has 0 aliphatic heterocycles. The van der Waals surface area contributed by atoms with Crippen LogP contribution in [-0.4, -0.2) is 15.2 Å². The van der Waals surface area contributed by atoms with Gasteiger partial charge < -0.3 is 10.3 Å². The van der Waals surface area contributed by atoms with Crippen molar-refractivity contribution < 1.29 is 0 Å². The van der Waals surface area contributed by atoms with E-state index in [0.717, 1.165) is 27.7 Å². The summed E-state index contributed by atoms with van der Waals surface area (Å²) in [6.07, 6.45) is 1.80. The lowest BCUT2D eigenvalue weighted by molar-refractivity contribution is 0.686. The van der Waals surface area contributed by atoms with Gasteiger partial charge in [0, 0.05) is 35.4 Å². The Morgan fingerprint density at radius 2 is 2.00 bits per heavy atom. The molecule has 0 atom stereocenters. The topological polar surface area (TPSA) is 73.6 Å². The number of hydrogen-bond acceptors (Lipinski definition) is 3. The van der Waals surface area contributed by atoms with Gasteiger partial charge in [0.25, 0.3) is 5.56 Å². The van der Waals surface area contributed by atoms with Crippen LogP contribution in [0.5, 0.6) is 0 Å². The molecule has 3 aromatic rings. The number of hydrogen-bond donors (Lipinski definition) is 3. The average molecular weight is 268 g/mol. The van der Waals surface area contributed by atoms with E-state index in [0.29, 0.717) is 13.1 Å². The van der Waals surface area contributed by atoms with Gasteiger partial charge in [0.1, 0.15) is 0 Å². The van der Waals surface area contributed by atoms with Gasteiger partial charge >= 0.3 is 0 Å². The molecule has 1 aromatic carbocycles. The van der Waals surface area contributed by atoms with Gasteiger partial charge in [-0.25, -0.2) is 0 Å². The van der Waals surface area contributed by atoms with Crippen LogP contribution in [0.3, 0.4) is 0 Å². The Kier molecular flexibility index (Phi) is 3.35. The Balaban J connectivity index is 1.76. The number of aromatic amines is 2. The molecule has 5 nitrogen and oxygen atoms in total. The first-order valence-corrected chi connectivity index (χ1v) is 6.54. The first-order chi connectivity index (χ1) is 9.74. The van der Waals surface area contributed by atoms with E-state index in [2.05, 4.69) is 20.5 Å². The van der Waals surface area contributed by atoms with Gasteiger partial charge in [0.15, 0.2) is 0 Å². The summed E-state index contributed by atoms with van der Waals surface area (Å²) in [4.78, 5) is 14.9. The second-order valence-corrected chi connectivity index (χ2v) is 4.83. The van der Waals surface area contributed by atoms with Gasteiger partial charge in [0.05, 0.1) is 6.20 Å². The van der Waals surface area contributed by atoms with Crippen LogP contribution in [0.4, 0.5) is 0 Å². The highest BCUT2D eigenvalue weighted by Crippen LogP contribution is 2.10. The summed E-state index contributed by atoms with van der Waals surface area (Å²) >= 11 is 0. The minimum atomic E-state index is -0.0416. The number of H-pyrrole nitrogens is 2. The van der Waals surface area contributed by atoms with Crippen LogP contribution in [0.2, 0.25) is 0 Å². The summed E-state index contributed by atoms with van der Waals surface area (Å²) in [5.74, 6) is 0. The van der Waals surface area contributed by atoms with E-state index < -0.39 is 0 Å². The van der Waals surface area contributed by atoms with Gasteiger partial charge in [-0.05, 0) is 24.4 Å².